The molecule has 214 valence electrons. The smallest absolute Gasteiger partial charge is 0.0659 e. The second kappa shape index (κ2) is 10.9. The fourth-order valence-corrected chi connectivity index (χ4v) is 6.54. The van der Waals surface area contributed by atoms with Crippen LogP contribution in [0.2, 0.25) is 0 Å². The molecule has 0 unspecified atom stereocenters. The molecule has 0 spiro atoms. The molecule has 4 heteroatoms. The molecule has 0 aliphatic carbocycles. The van der Waals surface area contributed by atoms with E-state index in [4.69, 9.17) is 9.97 Å². The molecule has 6 rings (SSSR count). The van der Waals surface area contributed by atoms with Gasteiger partial charge in [0.25, 0.3) is 0 Å². The Morgan fingerprint density at radius 2 is 1.19 bits per heavy atom. The van der Waals surface area contributed by atoms with Gasteiger partial charge >= 0.3 is 0 Å². The Kier molecular flexibility index (Phi) is 7.26. The van der Waals surface area contributed by atoms with E-state index in [0.29, 0.717) is 11.8 Å². The van der Waals surface area contributed by atoms with Crippen molar-refractivity contribution in [3.8, 4) is 11.1 Å². The van der Waals surface area contributed by atoms with E-state index in [0.717, 1.165) is 28.3 Å². The Labute approximate surface area is 249 Å². The van der Waals surface area contributed by atoms with Crippen molar-refractivity contribution in [3.63, 3.8) is 0 Å². The van der Waals surface area contributed by atoms with Gasteiger partial charge in [-0.2, -0.15) is 0 Å². The van der Waals surface area contributed by atoms with Gasteiger partial charge in [0.05, 0.1) is 33.8 Å². The summed E-state index contributed by atoms with van der Waals surface area (Å²) in [5.74, 6) is 0.961. The summed E-state index contributed by atoms with van der Waals surface area (Å²) < 4.78 is 2.58. The summed E-state index contributed by atoms with van der Waals surface area (Å²) in [7, 11) is 0. The highest BCUT2D eigenvalue weighted by Crippen LogP contribution is 2.44. The molecule has 0 amide bonds. The van der Waals surface area contributed by atoms with Gasteiger partial charge in [0.1, 0.15) is 0 Å². The lowest BCUT2D eigenvalue weighted by Crippen LogP contribution is -2.05. The van der Waals surface area contributed by atoms with Crippen molar-refractivity contribution >= 4 is 46.4 Å². The maximum absolute atomic E-state index is 5.03. The minimum atomic E-state index is 0.239. The highest BCUT2D eigenvalue weighted by Gasteiger charge is 2.26. The van der Waals surface area contributed by atoms with Gasteiger partial charge in [0.15, 0.2) is 0 Å². The molecule has 0 radical (unpaired) electrons. The van der Waals surface area contributed by atoms with Crippen molar-refractivity contribution < 1.29 is 0 Å². The number of hydrogen-bond donors (Lipinski definition) is 1. The molecule has 42 heavy (non-hydrogen) atoms. The lowest BCUT2D eigenvalue weighted by Gasteiger charge is -2.19. The van der Waals surface area contributed by atoms with Crippen LogP contribution in [0.3, 0.4) is 0 Å². The first-order valence-electron chi connectivity index (χ1n) is 15.4. The standard InChI is InChI=1S/C38H42N4/c1-22(2)32-20-31-19-29-15-14-27(39-29)18-28-16-17-30(40-28)21-33-36(26-12-10-9-11-13-26)34(23(3)4)38(42(33)25(7)8)35(24(5)6)37(32)41-31/h9-25,41H,1-8H3. The second-order valence-corrected chi connectivity index (χ2v) is 12.8. The van der Waals surface area contributed by atoms with Crippen LogP contribution in [0.4, 0.5) is 0 Å². The average Bonchev–Trinajstić information content (AvgIpc) is 3.71. The minimum Gasteiger partial charge on any atom is -0.355 e. The Balaban J connectivity index is 1.96. The van der Waals surface area contributed by atoms with Gasteiger partial charge in [0.2, 0.25) is 0 Å². The monoisotopic (exact) mass is 554 g/mol. The number of nitrogens with zero attached hydrogens (tertiary/aromatic N) is 3. The summed E-state index contributed by atoms with van der Waals surface area (Å²) >= 11 is 0. The van der Waals surface area contributed by atoms with Crippen LogP contribution in [0, 0.1) is 0 Å². The third kappa shape index (κ3) is 4.93. The first kappa shape index (κ1) is 28.0. The van der Waals surface area contributed by atoms with Crippen LogP contribution in [0.1, 0.15) is 119 Å². The van der Waals surface area contributed by atoms with Crippen LogP contribution in [-0.4, -0.2) is 19.5 Å². The van der Waals surface area contributed by atoms with E-state index in [9.17, 15) is 0 Å². The summed E-state index contributed by atoms with van der Waals surface area (Å²) in [6, 6.07) is 20.0. The first-order chi connectivity index (χ1) is 20.1. The molecule has 0 saturated heterocycles. The fraction of sp³-hybridized carbons (Fsp3) is 0.316. The van der Waals surface area contributed by atoms with Gasteiger partial charge < -0.3 is 9.55 Å². The third-order valence-corrected chi connectivity index (χ3v) is 8.28. The normalized spacial score (nSPS) is 13.0. The van der Waals surface area contributed by atoms with Gasteiger partial charge in [-0.05, 0) is 96.9 Å². The number of hydrogen-bond acceptors (Lipinski definition) is 2. The molecule has 2 aliphatic rings. The van der Waals surface area contributed by atoms with Crippen molar-refractivity contribution in [2.24, 2.45) is 0 Å². The Hall–Kier alpha value is -4.18. The quantitative estimate of drug-likeness (QED) is 0.230. The number of aromatic amines is 1. The molecule has 0 saturated carbocycles. The van der Waals surface area contributed by atoms with Gasteiger partial charge in [-0.1, -0.05) is 71.9 Å². The van der Waals surface area contributed by atoms with E-state index in [1.54, 1.807) is 0 Å². The number of benzene rings is 1. The van der Waals surface area contributed by atoms with Gasteiger partial charge in [0, 0.05) is 28.2 Å². The summed E-state index contributed by atoms with van der Waals surface area (Å²) in [4.78, 5) is 13.8. The highest BCUT2D eigenvalue weighted by atomic mass is 15.0. The molecule has 0 fully saturated rings. The Bertz CT molecular complexity index is 1880. The number of fused-ring (bicyclic) bond motifs is 8. The zero-order valence-corrected chi connectivity index (χ0v) is 26.2. The largest absolute Gasteiger partial charge is 0.355 e. The second-order valence-electron chi connectivity index (χ2n) is 12.8. The predicted molar refractivity (Wildman–Crippen MR) is 181 cm³/mol. The van der Waals surface area contributed by atoms with Crippen molar-refractivity contribution in [3.05, 3.63) is 94.1 Å². The van der Waals surface area contributed by atoms with E-state index < -0.39 is 0 Å². The van der Waals surface area contributed by atoms with Crippen molar-refractivity contribution in [1.82, 2.24) is 19.5 Å². The van der Waals surface area contributed by atoms with Crippen molar-refractivity contribution in [1.29, 1.82) is 0 Å². The molecule has 1 N–H and O–H groups in total. The zero-order chi connectivity index (χ0) is 29.7. The molecule has 5 heterocycles. The summed E-state index contributed by atoms with van der Waals surface area (Å²) in [5.41, 5.74) is 15.2. The summed E-state index contributed by atoms with van der Waals surface area (Å²) in [6.45, 7) is 18.5. The topological polar surface area (TPSA) is 46.5 Å². The van der Waals surface area contributed by atoms with Crippen LogP contribution in [0.25, 0.3) is 57.5 Å². The SMILES string of the molecule is CC(C)c1cc2cc3nc(cc4nc(cc5c(-c6ccccc6)c(C(C)C)c(c(C(C)C)c1[nH]2)n5C(C)C)C=C4)C=C3. The molecule has 1 aromatic carbocycles. The number of nitrogens with one attached hydrogen (secondary N) is 1. The highest BCUT2D eigenvalue weighted by molar-refractivity contribution is 5.96. The van der Waals surface area contributed by atoms with E-state index >= 15 is 0 Å². The van der Waals surface area contributed by atoms with Gasteiger partial charge in [-0.3, -0.25) is 0 Å². The minimum absolute atomic E-state index is 0.239. The maximum atomic E-state index is 5.03. The van der Waals surface area contributed by atoms with Crippen LogP contribution < -0.4 is 0 Å². The molecule has 4 nitrogen and oxygen atoms in total. The number of aromatic nitrogens is 4. The molecule has 4 aromatic rings. The van der Waals surface area contributed by atoms with Crippen LogP contribution >= 0.6 is 0 Å². The molecule has 3 aromatic heterocycles. The van der Waals surface area contributed by atoms with E-state index in [1.165, 1.54) is 44.4 Å². The van der Waals surface area contributed by atoms with Gasteiger partial charge in [-0.25, -0.2) is 9.97 Å². The van der Waals surface area contributed by atoms with Crippen LogP contribution in [0.15, 0.2) is 54.6 Å². The van der Waals surface area contributed by atoms with Crippen molar-refractivity contribution in [2.45, 2.75) is 79.2 Å². The van der Waals surface area contributed by atoms with E-state index in [-0.39, 0.29) is 12.0 Å². The first-order valence-corrected chi connectivity index (χ1v) is 15.4. The molecular formula is C38H42N4. The van der Waals surface area contributed by atoms with E-state index in [1.807, 2.05) is 0 Å². The predicted octanol–water partition coefficient (Wildman–Crippen LogP) is 10.7. The molecular weight excluding hydrogens is 512 g/mol. The lowest BCUT2D eigenvalue weighted by molar-refractivity contribution is 0.635. The molecule has 0 atom stereocenters. The van der Waals surface area contributed by atoms with Crippen molar-refractivity contribution in [2.75, 3.05) is 0 Å². The third-order valence-electron chi connectivity index (χ3n) is 8.28. The Morgan fingerprint density at radius 3 is 1.74 bits per heavy atom. The lowest BCUT2D eigenvalue weighted by atomic mass is 9.89. The zero-order valence-electron chi connectivity index (χ0n) is 26.2. The number of rotatable bonds is 5. The van der Waals surface area contributed by atoms with Crippen LogP contribution in [0.5, 0.6) is 0 Å². The maximum Gasteiger partial charge on any atom is 0.0659 e. The van der Waals surface area contributed by atoms with E-state index in [2.05, 4.69) is 144 Å². The average molecular weight is 555 g/mol. The molecule has 8 bridgehead atoms. The summed E-state index contributed by atoms with van der Waals surface area (Å²) in [5, 5.41) is 0. The van der Waals surface area contributed by atoms with Gasteiger partial charge in [-0.15, -0.1) is 0 Å². The Morgan fingerprint density at radius 1 is 0.619 bits per heavy atom. The summed E-state index contributed by atoms with van der Waals surface area (Å²) in [6.07, 6.45) is 8.37. The van der Waals surface area contributed by atoms with Crippen LogP contribution in [-0.2, 0) is 0 Å². The number of H-pyrrole nitrogens is 1. The molecule has 2 aliphatic heterocycles. The fourth-order valence-electron chi connectivity index (χ4n) is 6.54.